The summed E-state index contributed by atoms with van der Waals surface area (Å²) < 4.78 is 6.14. The van der Waals surface area contributed by atoms with Crippen LogP contribution in [0.3, 0.4) is 0 Å². The number of carbonyl (C=O) groups excluding carboxylic acids is 2. The number of aromatic nitrogens is 1. The van der Waals surface area contributed by atoms with Gasteiger partial charge in [-0.25, -0.2) is 0 Å². The smallest absolute Gasteiger partial charge is 0.252 e. The molecule has 2 heterocycles. The lowest BCUT2D eigenvalue weighted by molar-refractivity contribution is -0.125. The van der Waals surface area contributed by atoms with E-state index in [0.29, 0.717) is 19.7 Å². The summed E-state index contributed by atoms with van der Waals surface area (Å²) in [4.78, 5) is 33.8. The van der Waals surface area contributed by atoms with Crippen LogP contribution in [0.4, 0.5) is 5.69 Å². The third-order valence-electron chi connectivity index (χ3n) is 7.31. The number of pyridine rings is 1. The van der Waals surface area contributed by atoms with E-state index in [0.717, 1.165) is 53.0 Å². The maximum Gasteiger partial charge on any atom is 0.252 e. The molecule has 2 amide bonds. The summed E-state index contributed by atoms with van der Waals surface area (Å²) in [6.07, 6.45) is 7.51. The summed E-state index contributed by atoms with van der Waals surface area (Å²) in [5, 5.41) is 3.03. The normalized spacial score (nSPS) is 16.8. The van der Waals surface area contributed by atoms with Gasteiger partial charge in [-0.3, -0.25) is 19.5 Å². The van der Waals surface area contributed by atoms with Gasteiger partial charge in [0.05, 0.1) is 6.61 Å². The van der Waals surface area contributed by atoms with Crippen LogP contribution in [0.2, 0.25) is 0 Å². The highest BCUT2D eigenvalue weighted by molar-refractivity contribution is 5.95. The summed E-state index contributed by atoms with van der Waals surface area (Å²) in [6.45, 7) is 12.1. The fraction of sp³-hybridized carbons (Fsp3) is 0.452. The zero-order chi connectivity index (χ0) is 27.7. The average molecular weight is 519 g/mol. The van der Waals surface area contributed by atoms with Gasteiger partial charge in [0.25, 0.3) is 5.91 Å². The van der Waals surface area contributed by atoms with Crippen LogP contribution in [0.1, 0.15) is 71.1 Å². The lowest BCUT2D eigenvalue weighted by Gasteiger charge is -2.39. The zero-order valence-electron chi connectivity index (χ0n) is 23.7. The van der Waals surface area contributed by atoms with Gasteiger partial charge in [0.2, 0.25) is 5.91 Å². The van der Waals surface area contributed by atoms with E-state index in [-0.39, 0.29) is 23.8 Å². The molecule has 1 aromatic carbocycles. The first-order valence-electron chi connectivity index (χ1n) is 13.6. The monoisotopic (exact) mass is 518 g/mol. The number of hydrogen-bond acceptors (Lipinski definition) is 5. The van der Waals surface area contributed by atoms with Gasteiger partial charge in [0.15, 0.2) is 0 Å². The number of morpholine rings is 1. The first-order valence-corrected chi connectivity index (χ1v) is 13.6. The Kier molecular flexibility index (Phi) is 10.7. The number of rotatable bonds is 10. The fourth-order valence-electron chi connectivity index (χ4n) is 4.74. The number of ether oxygens (including phenoxy) is 1. The van der Waals surface area contributed by atoms with E-state index in [9.17, 15) is 9.59 Å². The van der Waals surface area contributed by atoms with Crippen molar-refractivity contribution in [3.63, 3.8) is 0 Å². The predicted molar refractivity (Wildman–Crippen MR) is 153 cm³/mol. The molecule has 1 aliphatic rings. The van der Waals surface area contributed by atoms with Gasteiger partial charge < -0.3 is 15.0 Å². The lowest BCUT2D eigenvalue weighted by atomic mass is 10.0. The standard InChI is InChI=1S/C31H42N4O3/c1-7-22(4)31(34(6)29(36)20-23(5)25-14-16-32-17-15-25)35-18-19-38-28(21-35)26-10-12-27(13-11-26)33-30(37)24(8-2)9-3/h10-17,20,24,28H,7-9,18-19,21H2,1-6H3,(H,33,37)/b23-20+,31-22-. The first kappa shape index (κ1) is 29.1. The summed E-state index contributed by atoms with van der Waals surface area (Å²) in [7, 11) is 1.84. The van der Waals surface area contributed by atoms with Gasteiger partial charge in [0.1, 0.15) is 11.9 Å². The molecule has 1 aliphatic heterocycles. The molecule has 0 bridgehead atoms. The van der Waals surface area contributed by atoms with Crippen LogP contribution < -0.4 is 5.32 Å². The molecule has 3 rings (SSSR count). The van der Waals surface area contributed by atoms with Crippen LogP contribution in [-0.4, -0.2) is 53.3 Å². The van der Waals surface area contributed by atoms with Gasteiger partial charge in [-0.1, -0.05) is 32.9 Å². The number of allylic oxidation sites excluding steroid dienone is 2. The molecule has 204 valence electrons. The molecule has 2 aromatic rings. The molecule has 38 heavy (non-hydrogen) atoms. The maximum atomic E-state index is 13.3. The molecule has 0 saturated carbocycles. The third kappa shape index (κ3) is 7.32. The van der Waals surface area contributed by atoms with Gasteiger partial charge in [-0.2, -0.15) is 0 Å². The predicted octanol–water partition coefficient (Wildman–Crippen LogP) is 6.03. The van der Waals surface area contributed by atoms with Crippen molar-refractivity contribution in [2.75, 3.05) is 32.1 Å². The largest absolute Gasteiger partial charge is 0.370 e. The van der Waals surface area contributed by atoms with Crippen molar-refractivity contribution < 1.29 is 14.3 Å². The molecule has 0 radical (unpaired) electrons. The summed E-state index contributed by atoms with van der Waals surface area (Å²) in [6, 6.07) is 11.7. The van der Waals surface area contributed by atoms with Gasteiger partial charge in [-0.15, -0.1) is 0 Å². The van der Waals surface area contributed by atoms with E-state index < -0.39 is 0 Å². The summed E-state index contributed by atoms with van der Waals surface area (Å²) in [5.74, 6) is 0.954. The number of hydrogen-bond donors (Lipinski definition) is 1. The van der Waals surface area contributed by atoms with Crippen LogP contribution in [0.15, 0.2) is 66.3 Å². The number of amides is 2. The quantitative estimate of drug-likeness (QED) is 0.389. The molecule has 1 unspecified atom stereocenters. The first-order chi connectivity index (χ1) is 18.3. The highest BCUT2D eigenvalue weighted by Gasteiger charge is 2.28. The van der Waals surface area contributed by atoms with E-state index >= 15 is 0 Å². The molecular weight excluding hydrogens is 476 g/mol. The molecule has 1 N–H and O–H groups in total. The van der Waals surface area contributed by atoms with E-state index in [1.807, 2.05) is 64.2 Å². The van der Waals surface area contributed by atoms with E-state index in [1.165, 1.54) is 0 Å². The Morgan fingerprint density at radius 2 is 1.76 bits per heavy atom. The molecule has 1 aromatic heterocycles. The molecular formula is C31H42N4O3. The summed E-state index contributed by atoms with van der Waals surface area (Å²) in [5.41, 5.74) is 4.86. The topological polar surface area (TPSA) is 74.8 Å². The molecule has 0 aliphatic carbocycles. The minimum atomic E-state index is -0.134. The summed E-state index contributed by atoms with van der Waals surface area (Å²) >= 11 is 0. The lowest BCUT2D eigenvalue weighted by Crippen LogP contribution is -2.44. The van der Waals surface area contributed by atoms with Crippen LogP contribution in [0, 0.1) is 5.92 Å². The number of carbonyl (C=O) groups is 2. The van der Waals surface area contributed by atoms with Crippen molar-refractivity contribution in [3.8, 4) is 0 Å². The Morgan fingerprint density at radius 3 is 2.37 bits per heavy atom. The fourth-order valence-corrected chi connectivity index (χ4v) is 4.74. The number of anilines is 1. The van der Waals surface area contributed by atoms with Gasteiger partial charge >= 0.3 is 0 Å². The number of nitrogens with zero attached hydrogens (tertiary/aromatic N) is 3. The van der Waals surface area contributed by atoms with E-state index in [1.54, 1.807) is 23.4 Å². The van der Waals surface area contributed by atoms with E-state index in [2.05, 4.69) is 29.0 Å². The molecule has 0 spiro atoms. The Morgan fingerprint density at radius 1 is 1.11 bits per heavy atom. The third-order valence-corrected chi connectivity index (χ3v) is 7.31. The highest BCUT2D eigenvalue weighted by Crippen LogP contribution is 2.29. The second kappa shape index (κ2) is 13.9. The van der Waals surface area contributed by atoms with Crippen molar-refractivity contribution in [1.29, 1.82) is 0 Å². The van der Waals surface area contributed by atoms with Crippen molar-refractivity contribution in [2.24, 2.45) is 5.92 Å². The second-order valence-corrected chi connectivity index (χ2v) is 9.85. The zero-order valence-corrected chi connectivity index (χ0v) is 23.7. The van der Waals surface area contributed by atoms with Crippen LogP contribution in [0.25, 0.3) is 5.57 Å². The van der Waals surface area contributed by atoms with Crippen molar-refractivity contribution in [2.45, 2.75) is 60.0 Å². The average Bonchev–Trinajstić information content (AvgIpc) is 2.94. The number of likely N-dealkylation sites (N-methyl/N-ethyl adjacent to an activating group) is 1. The van der Waals surface area contributed by atoms with Crippen molar-refractivity contribution in [1.82, 2.24) is 14.8 Å². The minimum Gasteiger partial charge on any atom is -0.370 e. The second-order valence-electron chi connectivity index (χ2n) is 9.85. The number of nitrogens with one attached hydrogen (secondary N) is 1. The SMILES string of the molecule is CC/C(C)=C(\N1CCOC(c2ccc(NC(=O)C(CC)CC)cc2)C1)N(C)C(=O)/C=C(\C)c1ccncc1. The molecule has 7 nitrogen and oxygen atoms in total. The van der Waals surface area contributed by atoms with Crippen molar-refractivity contribution in [3.05, 3.63) is 77.4 Å². The van der Waals surface area contributed by atoms with E-state index in [4.69, 9.17) is 4.74 Å². The highest BCUT2D eigenvalue weighted by atomic mass is 16.5. The Hall–Kier alpha value is -3.45. The Bertz CT molecular complexity index is 1140. The Labute approximate surface area is 227 Å². The van der Waals surface area contributed by atoms with Crippen LogP contribution in [-0.2, 0) is 14.3 Å². The van der Waals surface area contributed by atoms with Gasteiger partial charge in [-0.05, 0) is 79.6 Å². The molecule has 7 heteroatoms. The van der Waals surface area contributed by atoms with Crippen LogP contribution >= 0.6 is 0 Å². The molecule has 1 saturated heterocycles. The van der Waals surface area contributed by atoms with Gasteiger partial charge in [0, 0.05) is 50.2 Å². The molecule has 1 fully saturated rings. The van der Waals surface area contributed by atoms with Crippen molar-refractivity contribution >= 4 is 23.1 Å². The Balaban J connectivity index is 1.75. The maximum absolute atomic E-state index is 13.3. The van der Waals surface area contributed by atoms with Crippen LogP contribution in [0.5, 0.6) is 0 Å². The minimum absolute atomic E-state index is 0.0277. The number of benzene rings is 1. The molecule has 1 atom stereocenters.